The van der Waals surface area contributed by atoms with E-state index in [4.69, 9.17) is 11.6 Å². The highest BCUT2D eigenvalue weighted by atomic mass is 35.5. The zero-order valence-electron chi connectivity index (χ0n) is 9.77. The Labute approximate surface area is 114 Å². The number of hydrogen-bond acceptors (Lipinski definition) is 2. The Morgan fingerprint density at radius 3 is 2.15 bits per heavy atom. The van der Waals surface area contributed by atoms with Crippen LogP contribution in [-0.2, 0) is 0 Å². The zero-order chi connectivity index (χ0) is 15.3. The molecule has 0 amide bonds. The first-order chi connectivity index (χ1) is 8.99. The molecule has 0 spiro atoms. The van der Waals surface area contributed by atoms with Crippen LogP contribution in [0.25, 0.3) is 0 Å². The van der Waals surface area contributed by atoms with Gasteiger partial charge in [-0.05, 0) is 18.6 Å². The molecular formula is C11H7ClF6O2. The molecule has 112 valence electrons. The lowest BCUT2D eigenvalue weighted by Gasteiger charge is -2.34. The summed E-state index contributed by atoms with van der Waals surface area (Å²) in [5.74, 6) is -4.82. The maximum atomic E-state index is 13.1. The van der Waals surface area contributed by atoms with Gasteiger partial charge < -0.3 is 9.47 Å². The molecule has 20 heavy (non-hydrogen) atoms. The van der Waals surface area contributed by atoms with Gasteiger partial charge in [0.15, 0.2) is 11.5 Å². The minimum atomic E-state index is -5.47. The van der Waals surface area contributed by atoms with Crippen molar-refractivity contribution in [3.63, 3.8) is 0 Å². The van der Waals surface area contributed by atoms with E-state index in [0.29, 0.717) is 0 Å². The molecule has 2 nitrogen and oxygen atoms in total. The van der Waals surface area contributed by atoms with Crippen LogP contribution in [-0.4, -0.2) is 23.5 Å². The van der Waals surface area contributed by atoms with Crippen molar-refractivity contribution in [1.29, 1.82) is 0 Å². The fraction of sp³-hybridized carbons (Fsp3) is 0.455. The molecule has 1 heterocycles. The van der Waals surface area contributed by atoms with Crippen LogP contribution in [0.5, 0.6) is 11.5 Å². The summed E-state index contributed by atoms with van der Waals surface area (Å²) in [6.45, 7) is 1.38. The maximum Gasteiger partial charge on any atom is 0.470 e. The Morgan fingerprint density at radius 2 is 1.70 bits per heavy atom. The second-order valence-electron chi connectivity index (χ2n) is 4.18. The SMILES string of the molecule is Cc1cccc2c1OC(C(Cl)C(F)(F)F)(C(F)(F)F)O2. The molecule has 0 N–H and O–H groups in total. The van der Waals surface area contributed by atoms with Crippen molar-refractivity contribution in [2.75, 3.05) is 0 Å². The van der Waals surface area contributed by atoms with Crippen molar-refractivity contribution >= 4 is 11.6 Å². The van der Waals surface area contributed by atoms with Gasteiger partial charge in [0, 0.05) is 0 Å². The van der Waals surface area contributed by atoms with Gasteiger partial charge >= 0.3 is 18.1 Å². The van der Waals surface area contributed by atoms with Crippen LogP contribution in [0.1, 0.15) is 5.56 Å². The lowest BCUT2D eigenvalue weighted by Crippen LogP contribution is -2.63. The van der Waals surface area contributed by atoms with Gasteiger partial charge in [-0.2, -0.15) is 26.3 Å². The Morgan fingerprint density at radius 1 is 1.10 bits per heavy atom. The molecule has 2 unspecified atom stereocenters. The third-order valence-electron chi connectivity index (χ3n) is 2.71. The minimum Gasteiger partial charge on any atom is -0.439 e. The van der Waals surface area contributed by atoms with Gasteiger partial charge in [-0.3, -0.25) is 0 Å². The van der Waals surface area contributed by atoms with Gasteiger partial charge in [0.05, 0.1) is 0 Å². The largest absolute Gasteiger partial charge is 0.470 e. The van der Waals surface area contributed by atoms with E-state index >= 15 is 0 Å². The Bertz CT molecular complexity index is 527. The topological polar surface area (TPSA) is 18.5 Å². The van der Waals surface area contributed by atoms with E-state index in [1.54, 1.807) is 0 Å². The zero-order valence-corrected chi connectivity index (χ0v) is 10.5. The summed E-state index contributed by atoms with van der Waals surface area (Å²) < 4.78 is 85.9. The number of hydrogen-bond donors (Lipinski definition) is 0. The lowest BCUT2D eigenvalue weighted by molar-refractivity contribution is -0.334. The van der Waals surface area contributed by atoms with Crippen molar-refractivity contribution in [1.82, 2.24) is 0 Å². The average molecular weight is 321 g/mol. The van der Waals surface area contributed by atoms with Crippen molar-refractivity contribution < 1.29 is 35.8 Å². The van der Waals surface area contributed by atoms with Crippen LogP contribution in [0.15, 0.2) is 18.2 Å². The number of ether oxygens (including phenoxy) is 2. The summed E-state index contributed by atoms with van der Waals surface area (Å²) in [6.07, 6.45) is -10.8. The monoisotopic (exact) mass is 320 g/mol. The number of fused-ring (bicyclic) bond motifs is 1. The molecule has 0 aliphatic carbocycles. The van der Waals surface area contributed by atoms with Crippen molar-refractivity contribution in [2.45, 2.75) is 30.4 Å². The Hall–Kier alpha value is -1.31. The van der Waals surface area contributed by atoms with E-state index in [1.165, 1.54) is 19.1 Å². The van der Waals surface area contributed by atoms with E-state index in [9.17, 15) is 26.3 Å². The Balaban J connectivity index is 2.53. The number of halogens is 7. The molecule has 1 aromatic carbocycles. The van der Waals surface area contributed by atoms with Gasteiger partial charge in [0.1, 0.15) is 0 Å². The number of benzene rings is 1. The average Bonchev–Trinajstić information content (AvgIpc) is 2.68. The van der Waals surface area contributed by atoms with Crippen LogP contribution in [0.3, 0.4) is 0 Å². The van der Waals surface area contributed by atoms with E-state index in [0.717, 1.165) is 6.07 Å². The molecule has 0 aromatic heterocycles. The highest BCUT2D eigenvalue weighted by Crippen LogP contribution is 2.53. The molecule has 0 fully saturated rings. The van der Waals surface area contributed by atoms with Crippen LogP contribution in [0, 0.1) is 6.92 Å². The molecule has 0 saturated heterocycles. The first kappa shape index (κ1) is 15.1. The molecule has 2 atom stereocenters. The van der Waals surface area contributed by atoms with Crippen LogP contribution in [0.4, 0.5) is 26.3 Å². The van der Waals surface area contributed by atoms with E-state index in [-0.39, 0.29) is 5.56 Å². The standard InChI is InChI=1S/C11H7ClF6O2/c1-5-3-2-4-6-7(5)20-9(19-6,11(16,17)18)8(12)10(13,14)15/h2-4,8H,1H3. The smallest absolute Gasteiger partial charge is 0.439 e. The van der Waals surface area contributed by atoms with E-state index in [1.807, 2.05) is 0 Å². The van der Waals surface area contributed by atoms with Gasteiger partial charge in [0.2, 0.25) is 5.38 Å². The normalized spacial score (nSPS) is 23.8. The second kappa shape index (κ2) is 4.34. The summed E-state index contributed by atoms with van der Waals surface area (Å²) in [5, 5.41) is -3.40. The molecular weight excluding hydrogens is 314 g/mol. The van der Waals surface area contributed by atoms with Gasteiger partial charge in [0.25, 0.3) is 0 Å². The lowest BCUT2D eigenvalue weighted by atomic mass is 10.1. The van der Waals surface area contributed by atoms with Crippen LogP contribution < -0.4 is 9.47 Å². The molecule has 0 radical (unpaired) electrons. The predicted octanol–water partition coefficient (Wildman–Crippen LogP) is 4.19. The summed E-state index contributed by atoms with van der Waals surface area (Å²) in [5.41, 5.74) is 0.208. The van der Waals surface area contributed by atoms with Crippen molar-refractivity contribution in [2.24, 2.45) is 0 Å². The van der Waals surface area contributed by atoms with Gasteiger partial charge in [-0.15, -0.1) is 11.6 Å². The molecule has 0 saturated carbocycles. The number of alkyl halides is 7. The highest BCUT2D eigenvalue weighted by molar-refractivity contribution is 6.22. The summed E-state index contributed by atoms with van der Waals surface area (Å²) >= 11 is 4.95. The summed E-state index contributed by atoms with van der Waals surface area (Å²) in [7, 11) is 0. The third-order valence-corrected chi connectivity index (χ3v) is 3.24. The van der Waals surface area contributed by atoms with Crippen LogP contribution >= 0.6 is 11.6 Å². The fourth-order valence-corrected chi connectivity index (χ4v) is 1.96. The predicted molar refractivity (Wildman–Crippen MR) is 56.9 cm³/mol. The summed E-state index contributed by atoms with van der Waals surface area (Å²) in [4.78, 5) is 0. The number of para-hydroxylation sites is 1. The van der Waals surface area contributed by atoms with E-state index in [2.05, 4.69) is 9.47 Å². The van der Waals surface area contributed by atoms with Crippen molar-refractivity contribution in [3.8, 4) is 11.5 Å². The molecule has 1 aromatic rings. The molecule has 9 heteroatoms. The number of rotatable bonds is 1. The first-order valence-corrected chi connectivity index (χ1v) is 5.68. The van der Waals surface area contributed by atoms with Crippen LogP contribution in [0.2, 0.25) is 0 Å². The molecule has 2 rings (SSSR count). The molecule has 0 bridgehead atoms. The molecule has 1 aliphatic heterocycles. The number of aryl methyl sites for hydroxylation is 1. The summed E-state index contributed by atoms with van der Waals surface area (Å²) in [6, 6.07) is 3.79. The van der Waals surface area contributed by atoms with Gasteiger partial charge in [-0.25, -0.2) is 0 Å². The van der Waals surface area contributed by atoms with Gasteiger partial charge in [-0.1, -0.05) is 12.1 Å². The van der Waals surface area contributed by atoms with E-state index < -0.39 is 35.0 Å². The fourth-order valence-electron chi connectivity index (χ4n) is 1.75. The maximum absolute atomic E-state index is 13.1. The quantitative estimate of drug-likeness (QED) is 0.570. The molecule has 1 aliphatic rings. The highest BCUT2D eigenvalue weighted by Gasteiger charge is 2.74. The minimum absolute atomic E-state index is 0.208. The first-order valence-electron chi connectivity index (χ1n) is 5.24. The van der Waals surface area contributed by atoms with Crippen molar-refractivity contribution in [3.05, 3.63) is 23.8 Å². The third kappa shape index (κ3) is 2.15. The Kier molecular flexibility index (Phi) is 3.27. The second-order valence-corrected chi connectivity index (χ2v) is 4.61.